The molecule has 0 radical (unpaired) electrons. The average molecular weight is 445 g/mol. The van der Waals surface area contributed by atoms with Crippen LogP contribution in [0.25, 0.3) is 0 Å². The van der Waals surface area contributed by atoms with Crippen LogP contribution in [-0.4, -0.2) is 12.1 Å². The molecule has 184 valence electrons. The van der Waals surface area contributed by atoms with Gasteiger partial charge in [-0.25, -0.2) is 0 Å². The number of hydrogen-bond acceptors (Lipinski definition) is 2. The Morgan fingerprint density at radius 3 is 2.25 bits per heavy atom. The molecule has 2 heteroatoms. The van der Waals surface area contributed by atoms with Gasteiger partial charge in [0.15, 0.2) is 0 Å². The molecule has 0 spiro atoms. The molecule has 4 rings (SSSR count). The molecule has 0 unspecified atom stereocenters. The van der Waals surface area contributed by atoms with Crippen molar-refractivity contribution in [1.29, 1.82) is 0 Å². The normalized spacial score (nSPS) is 45.5. The van der Waals surface area contributed by atoms with Crippen molar-refractivity contribution in [2.75, 3.05) is 0 Å². The van der Waals surface area contributed by atoms with Crippen molar-refractivity contribution in [1.82, 2.24) is 0 Å². The number of fused-ring (bicyclic) bond motifs is 5. The fourth-order valence-electron chi connectivity index (χ4n) is 9.60. The van der Waals surface area contributed by atoms with Gasteiger partial charge in [-0.15, -0.1) is 0 Å². The first kappa shape index (κ1) is 24.6. The predicted octanol–water partition coefficient (Wildman–Crippen LogP) is 8.29. The summed E-state index contributed by atoms with van der Waals surface area (Å²) in [7, 11) is 0. The van der Waals surface area contributed by atoms with E-state index in [4.69, 9.17) is 4.74 Å². The molecule has 0 N–H and O–H groups in total. The Bertz CT molecular complexity index is 670. The maximum Gasteiger partial charge on any atom is 0.302 e. The molecule has 32 heavy (non-hydrogen) atoms. The van der Waals surface area contributed by atoms with Crippen LogP contribution in [0.4, 0.5) is 0 Å². The van der Waals surface area contributed by atoms with Gasteiger partial charge in [0, 0.05) is 6.92 Å². The molecule has 10 atom stereocenters. The zero-order chi connectivity index (χ0) is 23.3. The van der Waals surface area contributed by atoms with E-state index in [9.17, 15) is 4.79 Å². The summed E-state index contributed by atoms with van der Waals surface area (Å²) in [5.74, 6) is 6.99. The van der Waals surface area contributed by atoms with E-state index in [0.29, 0.717) is 10.8 Å². The molecule has 0 amide bonds. The molecule has 0 aliphatic heterocycles. The molecule has 0 heterocycles. The first-order chi connectivity index (χ1) is 15.1. The fraction of sp³-hybridized carbons (Fsp3) is 0.967. The minimum Gasteiger partial charge on any atom is -0.463 e. The molecule has 0 aromatic carbocycles. The van der Waals surface area contributed by atoms with Gasteiger partial charge >= 0.3 is 5.97 Å². The quantitative estimate of drug-likeness (QED) is 0.385. The molecular formula is C30H52O2. The Hall–Kier alpha value is -0.530. The third-order valence-corrected chi connectivity index (χ3v) is 11.9. The van der Waals surface area contributed by atoms with Gasteiger partial charge in [-0.1, -0.05) is 54.4 Å². The third-order valence-electron chi connectivity index (χ3n) is 11.9. The van der Waals surface area contributed by atoms with E-state index in [1.807, 2.05) is 0 Å². The zero-order valence-electron chi connectivity index (χ0n) is 22.3. The highest BCUT2D eigenvalue weighted by atomic mass is 16.5. The molecule has 4 aliphatic carbocycles. The first-order valence-electron chi connectivity index (χ1n) is 14.2. The van der Waals surface area contributed by atoms with Gasteiger partial charge in [0.2, 0.25) is 0 Å². The molecule has 0 saturated heterocycles. The summed E-state index contributed by atoms with van der Waals surface area (Å²) in [5, 5.41) is 0. The second kappa shape index (κ2) is 9.26. The van der Waals surface area contributed by atoms with Crippen molar-refractivity contribution in [3.63, 3.8) is 0 Å². The highest BCUT2D eigenvalue weighted by Gasteiger charge is 2.60. The second-order valence-corrected chi connectivity index (χ2v) is 13.7. The smallest absolute Gasteiger partial charge is 0.302 e. The summed E-state index contributed by atoms with van der Waals surface area (Å²) in [6, 6.07) is 0. The van der Waals surface area contributed by atoms with Crippen LogP contribution >= 0.6 is 0 Å². The maximum atomic E-state index is 11.5. The highest BCUT2D eigenvalue weighted by Crippen LogP contribution is 2.68. The van der Waals surface area contributed by atoms with Gasteiger partial charge in [0.25, 0.3) is 0 Å². The second-order valence-electron chi connectivity index (χ2n) is 13.7. The monoisotopic (exact) mass is 444 g/mol. The Morgan fingerprint density at radius 2 is 1.56 bits per heavy atom. The molecule has 4 aliphatic rings. The van der Waals surface area contributed by atoms with Crippen LogP contribution in [0.1, 0.15) is 119 Å². The van der Waals surface area contributed by atoms with E-state index in [1.165, 1.54) is 57.8 Å². The van der Waals surface area contributed by atoms with Crippen LogP contribution in [0.3, 0.4) is 0 Å². The minimum absolute atomic E-state index is 0.0883. The van der Waals surface area contributed by atoms with Crippen molar-refractivity contribution in [2.45, 2.75) is 125 Å². The van der Waals surface area contributed by atoms with Crippen molar-refractivity contribution >= 4 is 5.97 Å². The summed E-state index contributed by atoms with van der Waals surface area (Å²) in [6.45, 7) is 16.7. The lowest BCUT2D eigenvalue weighted by Gasteiger charge is -2.61. The van der Waals surface area contributed by atoms with Crippen LogP contribution in [-0.2, 0) is 9.53 Å². The summed E-state index contributed by atoms with van der Waals surface area (Å²) in [5.41, 5.74) is 1.07. The highest BCUT2D eigenvalue weighted by molar-refractivity contribution is 5.66. The van der Waals surface area contributed by atoms with Crippen molar-refractivity contribution < 1.29 is 9.53 Å². The molecule has 4 fully saturated rings. The standard InChI is InChI=1S/C30H52O2/c1-19(2)20(3)8-9-21(4)26-12-13-27-25-11-10-23-18-24(32-22(5)31)14-16-29(23,6)28(25)15-17-30(26,27)7/h19-21,23-28H,8-18H2,1-7H3/t20-,21-,23+,24+,25-,26+,27-,28+,29+,30+/m1/s1. The Kier molecular flexibility index (Phi) is 7.11. The van der Waals surface area contributed by atoms with Gasteiger partial charge in [0.05, 0.1) is 0 Å². The number of carbonyl (C=O) groups is 1. The van der Waals surface area contributed by atoms with E-state index < -0.39 is 0 Å². The van der Waals surface area contributed by atoms with Crippen LogP contribution in [0.5, 0.6) is 0 Å². The lowest BCUT2D eigenvalue weighted by atomic mass is 9.44. The summed E-state index contributed by atoms with van der Waals surface area (Å²) in [6.07, 6.45) is 15.2. The molecular weight excluding hydrogens is 392 g/mol. The molecule has 0 bridgehead atoms. The zero-order valence-corrected chi connectivity index (χ0v) is 22.3. The number of carbonyl (C=O) groups excluding carboxylic acids is 1. The average Bonchev–Trinajstić information content (AvgIpc) is 3.08. The molecule has 0 aromatic rings. The fourth-order valence-corrected chi connectivity index (χ4v) is 9.60. The summed E-state index contributed by atoms with van der Waals surface area (Å²) >= 11 is 0. The Morgan fingerprint density at radius 1 is 0.875 bits per heavy atom. The lowest BCUT2D eigenvalue weighted by Crippen LogP contribution is -2.54. The Labute approximate surface area is 199 Å². The van der Waals surface area contributed by atoms with E-state index in [-0.39, 0.29) is 12.1 Å². The van der Waals surface area contributed by atoms with Crippen LogP contribution < -0.4 is 0 Å². The van der Waals surface area contributed by atoms with E-state index in [1.54, 1.807) is 6.92 Å². The van der Waals surface area contributed by atoms with Crippen molar-refractivity contribution in [3.8, 4) is 0 Å². The van der Waals surface area contributed by atoms with Crippen molar-refractivity contribution in [3.05, 3.63) is 0 Å². The van der Waals surface area contributed by atoms with E-state index in [0.717, 1.165) is 60.2 Å². The third kappa shape index (κ3) is 4.31. The van der Waals surface area contributed by atoms with Gasteiger partial charge in [-0.05, 0) is 116 Å². The first-order valence-corrected chi connectivity index (χ1v) is 14.2. The molecule has 2 nitrogen and oxygen atoms in total. The van der Waals surface area contributed by atoms with Gasteiger partial charge in [-0.3, -0.25) is 4.79 Å². The van der Waals surface area contributed by atoms with Crippen molar-refractivity contribution in [2.24, 2.45) is 58.2 Å². The Balaban J connectivity index is 1.43. The van der Waals surface area contributed by atoms with Crippen LogP contribution in [0.2, 0.25) is 0 Å². The van der Waals surface area contributed by atoms with Gasteiger partial charge in [-0.2, -0.15) is 0 Å². The number of esters is 1. The SMILES string of the molecule is CC(=O)O[C@H]1CC[C@@]2(C)[C@@H](CC[C@@H]3[C@H]4CC[C@@H]([C@H](C)CC[C@@H](C)C(C)C)[C@]4(C)CC[C@@H]32)C1. The lowest BCUT2D eigenvalue weighted by molar-refractivity contribution is -0.160. The van der Waals surface area contributed by atoms with Crippen LogP contribution in [0.15, 0.2) is 0 Å². The molecule has 4 saturated carbocycles. The van der Waals surface area contributed by atoms with Gasteiger partial charge in [0.1, 0.15) is 6.10 Å². The van der Waals surface area contributed by atoms with Gasteiger partial charge < -0.3 is 4.74 Å². The number of rotatable bonds is 6. The summed E-state index contributed by atoms with van der Waals surface area (Å²) < 4.78 is 5.66. The van der Waals surface area contributed by atoms with E-state index in [2.05, 4.69) is 41.5 Å². The topological polar surface area (TPSA) is 26.3 Å². The maximum absolute atomic E-state index is 11.5. The number of ether oxygens (including phenoxy) is 1. The van der Waals surface area contributed by atoms with Crippen LogP contribution in [0, 0.1) is 58.2 Å². The molecule has 0 aromatic heterocycles. The number of hydrogen-bond donors (Lipinski definition) is 0. The predicted molar refractivity (Wildman–Crippen MR) is 133 cm³/mol. The minimum atomic E-state index is -0.0883. The summed E-state index contributed by atoms with van der Waals surface area (Å²) in [4.78, 5) is 11.5. The largest absolute Gasteiger partial charge is 0.463 e. The van der Waals surface area contributed by atoms with E-state index >= 15 is 0 Å².